The molecule has 0 bridgehead atoms. The van der Waals surface area contributed by atoms with Crippen molar-refractivity contribution in [2.75, 3.05) is 6.61 Å². The third-order valence-electron chi connectivity index (χ3n) is 2.51. The van der Waals surface area contributed by atoms with Crippen molar-refractivity contribution in [2.24, 2.45) is 0 Å². The molecule has 0 fully saturated rings. The molecule has 0 spiro atoms. The van der Waals surface area contributed by atoms with Crippen LogP contribution >= 0.6 is 0 Å². The highest BCUT2D eigenvalue weighted by Gasteiger charge is 2.03. The molecule has 5 heteroatoms. The van der Waals surface area contributed by atoms with E-state index in [1.54, 1.807) is 0 Å². The number of hydrogen-bond acceptors (Lipinski definition) is 4. The Morgan fingerprint density at radius 1 is 1.29 bits per heavy atom. The Morgan fingerprint density at radius 2 is 2.18 bits per heavy atom. The number of nitrogens with zero attached hydrogens (tertiary/aromatic N) is 4. The van der Waals surface area contributed by atoms with E-state index >= 15 is 0 Å². The summed E-state index contributed by atoms with van der Waals surface area (Å²) >= 11 is 0. The van der Waals surface area contributed by atoms with E-state index in [4.69, 9.17) is 5.11 Å². The standard InChI is InChI=1S/C12H16N4O/c1-10-3-2-4-11(9-10)5-6-12-13-15-16(14-12)7-8-17/h2-4,9,17H,5-8H2,1H3. The van der Waals surface area contributed by atoms with Gasteiger partial charge in [0.05, 0.1) is 13.2 Å². The predicted octanol–water partition coefficient (Wildman–Crippen LogP) is 0.759. The maximum Gasteiger partial charge on any atom is 0.175 e. The normalized spacial score (nSPS) is 10.7. The second-order valence-electron chi connectivity index (χ2n) is 4.01. The highest BCUT2D eigenvalue weighted by molar-refractivity contribution is 5.22. The zero-order valence-electron chi connectivity index (χ0n) is 9.87. The summed E-state index contributed by atoms with van der Waals surface area (Å²) in [6.45, 7) is 2.52. The molecule has 90 valence electrons. The summed E-state index contributed by atoms with van der Waals surface area (Å²) < 4.78 is 0. The Balaban J connectivity index is 1.93. The van der Waals surface area contributed by atoms with Crippen LogP contribution in [0.5, 0.6) is 0 Å². The minimum absolute atomic E-state index is 0.0354. The highest BCUT2D eigenvalue weighted by atomic mass is 16.3. The molecular formula is C12H16N4O. The van der Waals surface area contributed by atoms with Crippen LogP contribution in [0.1, 0.15) is 17.0 Å². The average Bonchev–Trinajstić information content (AvgIpc) is 2.75. The van der Waals surface area contributed by atoms with Gasteiger partial charge in [-0.2, -0.15) is 4.80 Å². The number of aryl methyl sites for hydroxylation is 3. The van der Waals surface area contributed by atoms with Crippen molar-refractivity contribution < 1.29 is 5.11 Å². The Hall–Kier alpha value is -1.75. The maximum atomic E-state index is 8.74. The second kappa shape index (κ2) is 5.54. The fraction of sp³-hybridized carbons (Fsp3) is 0.417. The Morgan fingerprint density at radius 3 is 2.94 bits per heavy atom. The second-order valence-corrected chi connectivity index (χ2v) is 4.01. The Labute approximate surface area is 100 Å². The van der Waals surface area contributed by atoms with Gasteiger partial charge in [-0.05, 0) is 24.1 Å². The van der Waals surface area contributed by atoms with Crippen LogP contribution in [-0.4, -0.2) is 31.9 Å². The van der Waals surface area contributed by atoms with E-state index in [9.17, 15) is 0 Å². The van der Waals surface area contributed by atoms with Gasteiger partial charge in [-0.25, -0.2) is 0 Å². The molecular weight excluding hydrogens is 216 g/mol. The van der Waals surface area contributed by atoms with Gasteiger partial charge in [-0.1, -0.05) is 29.8 Å². The van der Waals surface area contributed by atoms with E-state index in [0.29, 0.717) is 6.54 Å². The molecule has 1 aromatic carbocycles. The number of hydrogen-bond donors (Lipinski definition) is 1. The molecule has 5 nitrogen and oxygen atoms in total. The topological polar surface area (TPSA) is 63.8 Å². The Bertz CT molecular complexity index is 481. The molecule has 0 radical (unpaired) electrons. The first kappa shape index (κ1) is 11.7. The van der Waals surface area contributed by atoms with Crippen molar-refractivity contribution in [1.29, 1.82) is 0 Å². The lowest BCUT2D eigenvalue weighted by Gasteiger charge is -1.99. The molecule has 1 heterocycles. The molecule has 0 saturated heterocycles. The zero-order valence-corrected chi connectivity index (χ0v) is 9.87. The van der Waals surface area contributed by atoms with Crippen molar-refractivity contribution in [3.05, 3.63) is 41.2 Å². The van der Waals surface area contributed by atoms with Crippen LogP contribution in [0.2, 0.25) is 0 Å². The van der Waals surface area contributed by atoms with Crippen molar-refractivity contribution in [2.45, 2.75) is 26.3 Å². The van der Waals surface area contributed by atoms with Crippen LogP contribution in [0, 0.1) is 6.92 Å². The first-order valence-electron chi connectivity index (χ1n) is 5.71. The summed E-state index contributed by atoms with van der Waals surface area (Å²) in [7, 11) is 0. The van der Waals surface area contributed by atoms with Crippen molar-refractivity contribution in [1.82, 2.24) is 20.2 Å². The molecule has 2 rings (SSSR count). The number of aliphatic hydroxyl groups excluding tert-OH is 1. The molecule has 0 amide bonds. The fourth-order valence-corrected chi connectivity index (χ4v) is 1.68. The lowest BCUT2D eigenvalue weighted by atomic mass is 10.1. The van der Waals surface area contributed by atoms with Crippen LogP contribution in [0.25, 0.3) is 0 Å². The molecule has 0 unspecified atom stereocenters. The quantitative estimate of drug-likeness (QED) is 0.826. The lowest BCUT2D eigenvalue weighted by Crippen LogP contribution is -2.06. The lowest BCUT2D eigenvalue weighted by molar-refractivity contribution is 0.259. The largest absolute Gasteiger partial charge is 0.394 e. The van der Waals surface area contributed by atoms with Gasteiger partial charge in [0.2, 0.25) is 0 Å². The summed E-state index contributed by atoms with van der Waals surface area (Å²) in [5.74, 6) is 0.722. The molecule has 0 aliphatic carbocycles. The molecule has 0 aliphatic heterocycles. The van der Waals surface area contributed by atoms with Crippen molar-refractivity contribution >= 4 is 0 Å². The predicted molar refractivity (Wildman–Crippen MR) is 63.5 cm³/mol. The molecule has 17 heavy (non-hydrogen) atoms. The molecule has 1 aromatic heterocycles. The van der Waals surface area contributed by atoms with E-state index in [-0.39, 0.29) is 6.61 Å². The van der Waals surface area contributed by atoms with Gasteiger partial charge in [0, 0.05) is 6.42 Å². The zero-order chi connectivity index (χ0) is 12.1. The van der Waals surface area contributed by atoms with Gasteiger partial charge in [-0.15, -0.1) is 10.2 Å². The van der Waals surface area contributed by atoms with Gasteiger partial charge in [0.25, 0.3) is 0 Å². The van der Waals surface area contributed by atoms with Crippen LogP contribution in [0.3, 0.4) is 0 Å². The van der Waals surface area contributed by atoms with E-state index < -0.39 is 0 Å². The van der Waals surface area contributed by atoms with Gasteiger partial charge in [0.1, 0.15) is 0 Å². The van der Waals surface area contributed by atoms with Crippen LogP contribution in [-0.2, 0) is 19.4 Å². The molecule has 0 saturated carbocycles. The summed E-state index contributed by atoms with van der Waals surface area (Å²) in [4.78, 5) is 1.42. The third kappa shape index (κ3) is 3.35. The minimum atomic E-state index is 0.0354. The van der Waals surface area contributed by atoms with Gasteiger partial charge < -0.3 is 5.11 Å². The van der Waals surface area contributed by atoms with Crippen LogP contribution in [0.15, 0.2) is 24.3 Å². The summed E-state index contributed by atoms with van der Waals surface area (Å²) in [6.07, 6.45) is 1.68. The average molecular weight is 232 g/mol. The fourth-order valence-electron chi connectivity index (χ4n) is 1.68. The molecule has 0 aliphatic rings. The van der Waals surface area contributed by atoms with Gasteiger partial charge in [-0.3, -0.25) is 0 Å². The summed E-state index contributed by atoms with van der Waals surface area (Å²) in [5, 5.41) is 20.7. The van der Waals surface area contributed by atoms with E-state index in [0.717, 1.165) is 18.7 Å². The SMILES string of the molecule is Cc1cccc(CCc2nnn(CCO)n2)c1. The van der Waals surface area contributed by atoms with Gasteiger partial charge in [0.15, 0.2) is 5.82 Å². The monoisotopic (exact) mass is 232 g/mol. The Kier molecular flexibility index (Phi) is 3.82. The third-order valence-corrected chi connectivity index (χ3v) is 2.51. The summed E-state index contributed by atoms with van der Waals surface area (Å²) in [5.41, 5.74) is 2.54. The molecule has 1 N–H and O–H groups in total. The number of rotatable bonds is 5. The minimum Gasteiger partial charge on any atom is -0.394 e. The van der Waals surface area contributed by atoms with Crippen molar-refractivity contribution in [3.63, 3.8) is 0 Å². The first-order chi connectivity index (χ1) is 8.28. The number of aromatic nitrogens is 4. The van der Waals surface area contributed by atoms with Crippen molar-refractivity contribution in [3.8, 4) is 0 Å². The van der Waals surface area contributed by atoms with E-state index in [1.807, 2.05) is 0 Å². The summed E-state index contributed by atoms with van der Waals surface area (Å²) in [6, 6.07) is 8.41. The number of aliphatic hydroxyl groups is 1. The number of tetrazole rings is 1. The first-order valence-corrected chi connectivity index (χ1v) is 5.71. The van der Waals surface area contributed by atoms with E-state index in [2.05, 4.69) is 46.6 Å². The number of benzene rings is 1. The van der Waals surface area contributed by atoms with Crippen LogP contribution in [0.4, 0.5) is 0 Å². The van der Waals surface area contributed by atoms with Crippen LogP contribution < -0.4 is 0 Å². The smallest absolute Gasteiger partial charge is 0.175 e. The maximum absolute atomic E-state index is 8.74. The molecule has 0 atom stereocenters. The van der Waals surface area contributed by atoms with Gasteiger partial charge >= 0.3 is 0 Å². The highest BCUT2D eigenvalue weighted by Crippen LogP contribution is 2.06. The van der Waals surface area contributed by atoms with E-state index in [1.165, 1.54) is 15.9 Å². The molecule has 2 aromatic rings.